The van der Waals surface area contributed by atoms with Crippen LogP contribution >= 0.6 is 0 Å². The number of nitrogens with two attached hydrogens (primary N) is 1. The van der Waals surface area contributed by atoms with E-state index >= 15 is 0 Å². The van der Waals surface area contributed by atoms with Crippen molar-refractivity contribution in [1.82, 2.24) is 0 Å². The second kappa shape index (κ2) is 3.94. The molecule has 0 aromatic heterocycles. The van der Waals surface area contributed by atoms with Crippen LogP contribution in [-0.2, 0) is 0 Å². The fourth-order valence-electron chi connectivity index (χ4n) is 1.38. The quantitative estimate of drug-likeness (QED) is 0.362. The summed E-state index contributed by atoms with van der Waals surface area (Å²) < 4.78 is 0.674. The molecule has 0 amide bonds. The zero-order chi connectivity index (χ0) is 8.20. The Kier molecular flexibility index (Phi) is 3.91. The number of nitrogens with zero attached hydrogens (tertiary/aromatic N) is 1. The van der Waals surface area contributed by atoms with Crippen molar-refractivity contribution in [3.8, 4) is 0 Å². The fraction of sp³-hybridized carbons (Fsp3) is 1.00. The van der Waals surface area contributed by atoms with Crippen molar-refractivity contribution in [2.45, 2.75) is 39.7 Å². The molecule has 62 valence electrons. The first-order valence-corrected chi connectivity index (χ1v) is 4.22. The maximum Gasteiger partial charge on any atom is 0.105 e. The Bertz CT molecular complexity index is 85.3. The summed E-state index contributed by atoms with van der Waals surface area (Å²) >= 11 is 0. The maximum absolute atomic E-state index is 6.02. The largest absolute Gasteiger partial charge is 0.248 e. The summed E-state index contributed by atoms with van der Waals surface area (Å²) in [5, 5.41) is 0. The predicted molar refractivity (Wildman–Crippen MR) is 45.3 cm³/mol. The molecule has 0 saturated carbocycles. The van der Waals surface area contributed by atoms with E-state index in [0.29, 0.717) is 10.6 Å². The molecule has 0 aliphatic carbocycles. The Labute approximate surface area is 64.6 Å². The number of quaternary nitrogens is 1. The molecule has 0 radical (unpaired) electrons. The molecule has 2 nitrogen and oxygen atoms in total. The van der Waals surface area contributed by atoms with Gasteiger partial charge in [-0.2, -0.15) is 5.84 Å². The van der Waals surface area contributed by atoms with Crippen molar-refractivity contribution in [3.63, 3.8) is 0 Å². The highest BCUT2D eigenvalue weighted by Crippen LogP contribution is 2.10. The summed E-state index contributed by atoms with van der Waals surface area (Å²) in [7, 11) is 2.09. The van der Waals surface area contributed by atoms with Gasteiger partial charge in [0.05, 0.1) is 13.6 Å². The van der Waals surface area contributed by atoms with Gasteiger partial charge in [-0.25, -0.2) is 4.59 Å². The smallest absolute Gasteiger partial charge is 0.105 e. The lowest BCUT2D eigenvalue weighted by atomic mass is 10.1. The number of hydrogen-bond acceptors (Lipinski definition) is 1. The van der Waals surface area contributed by atoms with Crippen molar-refractivity contribution < 1.29 is 4.59 Å². The van der Waals surface area contributed by atoms with E-state index in [1.165, 1.54) is 12.8 Å². The van der Waals surface area contributed by atoms with Crippen LogP contribution in [-0.4, -0.2) is 24.2 Å². The van der Waals surface area contributed by atoms with Crippen LogP contribution in [0.2, 0.25) is 0 Å². The molecular formula is C8H21N2+. The van der Waals surface area contributed by atoms with E-state index in [-0.39, 0.29) is 0 Å². The Morgan fingerprint density at radius 2 is 1.60 bits per heavy atom. The van der Waals surface area contributed by atoms with E-state index in [9.17, 15) is 0 Å². The van der Waals surface area contributed by atoms with Crippen LogP contribution in [0.5, 0.6) is 0 Å². The van der Waals surface area contributed by atoms with Crippen LogP contribution in [0.1, 0.15) is 33.6 Å². The average Bonchev–Trinajstić information content (AvgIpc) is 1.90. The molecule has 0 aliphatic rings. The molecule has 1 atom stereocenters. The summed E-state index contributed by atoms with van der Waals surface area (Å²) in [4.78, 5) is 0. The van der Waals surface area contributed by atoms with Gasteiger partial charge >= 0.3 is 0 Å². The molecule has 0 rings (SSSR count). The van der Waals surface area contributed by atoms with Crippen molar-refractivity contribution in [3.05, 3.63) is 0 Å². The SMILES string of the molecule is CCC(CC)[N+](C)(N)CC. The lowest BCUT2D eigenvalue weighted by Gasteiger charge is -2.34. The van der Waals surface area contributed by atoms with E-state index in [4.69, 9.17) is 5.84 Å². The molecule has 0 aliphatic heterocycles. The van der Waals surface area contributed by atoms with Gasteiger partial charge in [0, 0.05) is 0 Å². The van der Waals surface area contributed by atoms with Crippen molar-refractivity contribution in [1.29, 1.82) is 0 Å². The molecule has 10 heavy (non-hydrogen) atoms. The molecule has 0 spiro atoms. The van der Waals surface area contributed by atoms with Crippen LogP contribution < -0.4 is 5.84 Å². The molecular weight excluding hydrogens is 124 g/mol. The van der Waals surface area contributed by atoms with Gasteiger partial charge in [-0.15, -0.1) is 0 Å². The molecule has 0 saturated heterocycles. The second-order valence-corrected chi connectivity index (χ2v) is 3.13. The fourth-order valence-corrected chi connectivity index (χ4v) is 1.38. The summed E-state index contributed by atoms with van der Waals surface area (Å²) in [5.41, 5.74) is 0. The lowest BCUT2D eigenvalue weighted by Crippen LogP contribution is -2.57. The Morgan fingerprint density at radius 1 is 1.20 bits per heavy atom. The first kappa shape index (κ1) is 9.92. The van der Waals surface area contributed by atoms with Crippen LogP contribution in [0.4, 0.5) is 0 Å². The molecule has 0 aromatic carbocycles. The van der Waals surface area contributed by atoms with Crippen molar-refractivity contribution >= 4 is 0 Å². The van der Waals surface area contributed by atoms with Gasteiger partial charge in [0.15, 0.2) is 0 Å². The Morgan fingerprint density at radius 3 is 1.70 bits per heavy atom. The second-order valence-electron chi connectivity index (χ2n) is 3.13. The normalized spacial score (nSPS) is 17.4. The van der Waals surface area contributed by atoms with Crippen molar-refractivity contribution in [2.24, 2.45) is 5.84 Å². The van der Waals surface area contributed by atoms with Gasteiger partial charge in [-0.3, -0.25) is 0 Å². The van der Waals surface area contributed by atoms with E-state index in [2.05, 4.69) is 27.8 Å². The minimum atomic E-state index is 0.630. The minimum absolute atomic E-state index is 0.630. The first-order valence-electron chi connectivity index (χ1n) is 4.22. The molecule has 0 bridgehead atoms. The van der Waals surface area contributed by atoms with E-state index in [1.54, 1.807) is 0 Å². The summed E-state index contributed by atoms with van der Waals surface area (Å²) in [6, 6.07) is 0.630. The highest BCUT2D eigenvalue weighted by molar-refractivity contribution is 4.50. The average molecular weight is 145 g/mol. The zero-order valence-corrected chi connectivity index (χ0v) is 7.72. The molecule has 2 N–H and O–H groups in total. The summed E-state index contributed by atoms with van der Waals surface area (Å²) in [6.07, 6.45) is 2.36. The van der Waals surface area contributed by atoms with Gasteiger partial charge < -0.3 is 0 Å². The van der Waals surface area contributed by atoms with Crippen LogP contribution in [0.15, 0.2) is 0 Å². The maximum atomic E-state index is 6.02. The molecule has 0 heterocycles. The van der Waals surface area contributed by atoms with Gasteiger partial charge in [0.2, 0.25) is 0 Å². The third-order valence-electron chi connectivity index (χ3n) is 2.46. The third kappa shape index (κ3) is 2.27. The highest BCUT2D eigenvalue weighted by Gasteiger charge is 2.23. The van der Waals surface area contributed by atoms with Gasteiger partial charge in [-0.05, 0) is 19.8 Å². The molecule has 1 unspecified atom stereocenters. The molecule has 0 fully saturated rings. The predicted octanol–water partition coefficient (Wildman–Crippen LogP) is 1.52. The van der Waals surface area contributed by atoms with Crippen LogP contribution in [0.3, 0.4) is 0 Å². The van der Waals surface area contributed by atoms with Crippen LogP contribution in [0.25, 0.3) is 0 Å². The lowest BCUT2D eigenvalue weighted by molar-refractivity contribution is -0.943. The molecule has 2 heteroatoms. The standard InChI is InChI=1S/C8H21N2/c1-5-8(6-2)10(4,9)7-3/h8H,5-7,9H2,1-4H3/q+1. The number of hydrogen-bond donors (Lipinski definition) is 1. The monoisotopic (exact) mass is 145 g/mol. The Balaban J connectivity index is 3.97. The van der Waals surface area contributed by atoms with Crippen LogP contribution in [0, 0.1) is 0 Å². The van der Waals surface area contributed by atoms with E-state index < -0.39 is 0 Å². The minimum Gasteiger partial charge on any atom is -0.248 e. The summed E-state index contributed by atoms with van der Waals surface area (Å²) in [5.74, 6) is 6.02. The van der Waals surface area contributed by atoms with E-state index in [0.717, 1.165) is 6.54 Å². The Hall–Kier alpha value is -0.0800. The molecule has 0 aromatic rings. The first-order chi connectivity index (χ1) is 4.58. The zero-order valence-electron chi connectivity index (χ0n) is 7.72. The third-order valence-corrected chi connectivity index (χ3v) is 2.46. The van der Waals surface area contributed by atoms with Gasteiger partial charge in [0.1, 0.15) is 6.04 Å². The number of rotatable bonds is 4. The topological polar surface area (TPSA) is 26.0 Å². The van der Waals surface area contributed by atoms with E-state index in [1.807, 2.05) is 0 Å². The van der Waals surface area contributed by atoms with Gasteiger partial charge in [0.25, 0.3) is 0 Å². The summed E-state index contributed by atoms with van der Waals surface area (Å²) in [6.45, 7) is 7.56. The van der Waals surface area contributed by atoms with Gasteiger partial charge in [-0.1, -0.05) is 13.8 Å². The van der Waals surface area contributed by atoms with Crippen molar-refractivity contribution in [2.75, 3.05) is 13.6 Å². The highest BCUT2D eigenvalue weighted by atomic mass is 15.6.